The van der Waals surface area contributed by atoms with E-state index in [0.29, 0.717) is 37.3 Å². The number of carbonyl (C=O) groups is 2. The van der Waals surface area contributed by atoms with Gasteiger partial charge in [-0.3, -0.25) is 9.59 Å². The molecule has 0 aromatic carbocycles. The molecule has 2 aliphatic heterocycles. The molecule has 0 spiro atoms. The van der Waals surface area contributed by atoms with Gasteiger partial charge in [0.25, 0.3) is 0 Å². The van der Waals surface area contributed by atoms with E-state index < -0.39 is 11.4 Å². The normalized spacial score (nSPS) is 29.2. The highest BCUT2D eigenvalue weighted by atomic mass is 16.2. The summed E-state index contributed by atoms with van der Waals surface area (Å²) in [7, 11) is 0. The Morgan fingerprint density at radius 3 is 2.20 bits per heavy atom. The van der Waals surface area contributed by atoms with Crippen molar-refractivity contribution < 1.29 is 9.59 Å². The number of hydrogen-bond acceptors (Lipinski definition) is 3. The predicted molar refractivity (Wildman–Crippen MR) is 77.9 cm³/mol. The molecule has 20 heavy (non-hydrogen) atoms. The quantitative estimate of drug-likeness (QED) is 0.681. The molecule has 5 nitrogen and oxygen atoms in total. The largest absolute Gasteiger partial charge is 0.368 e. The molecular formula is C15H27N3O2. The van der Waals surface area contributed by atoms with Crippen LogP contribution in [-0.2, 0) is 9.59 Å². The third-order valence-corrected chi connectivity index (χ3v) is 5.10. The van der Waals surface area contributed by atoms with Crippen LogP contribution in [0.3, 0.4) is 0 Å². The van der Waals surface area contributed by atoms with E-state index in [1.807, 2.05) is 13.8 Å². The van der Waals surface area contributed by atoms with Gasteiger partial charge in [-0.25, -0.2) is 0 Å². The van der Waals surface area contributed by atoms with E-state index in [0.717, 1.165) is 12.8 Å². The molecule has 2 atom stereocenters. The molecule has 2 fully saturated rings. The molecule has 2 unspecified atom stereocenters. The molecule has 0 aromatic rings. The summed E-state index contributed by atoms with van der Waals surface area (Å²) in [5, 5.41) is 6.47. The first-order valence-corrected chi connectivity index (χ1v) is 7.86. The zero-order valence-electron chi connectivity index (χ0n) is 12.6. The summed E-state index contributed by atoms with van der Waals surface area (Å²) in [6.07, 6.45) is 6.22. The number of nitrogens with one attached hydrogen (secondary N) is 2. The summed E-state index contributed by atoms with van der Waals surface area (Å²) in [4.78, 5) is 23.9. The minimum Gasteiger partial charge on any atom is -0.368 e. The maximum atomic E-state index is 12.2. The monoisotopic (exact) mass is 281 g/mol. The minimum atomic E-state index is -0.872. The molecule has 2 saturated heterocycles. The third-order valence-electron chi connectivity index (χ3n) is 5.10. The molecule has 5 heteroatoms. The number of hydrogen-bond donors (Lipinski definition) is 3. The van der Waals surface area contributed by atoms with E-state index in [1.54, 1.807) is 0 Å². The lowest BCUT2D eigenvalue weighted by molar-refractivity contribution is -0.132. The Balaban J connectivity index is 1.90. The van der Waals surface area contributed by atoms with Gasteiger partial charge >= 0.3 is 0 Å². The first-order valence-electron chi connectivity index (χ1n) is 7.86. The van der Waals surface area contributed by atoms with Crippen LogP contribution >= 0.6 is 0 Å². The van der Waals surface area contributed by atoms with Crippen LogP contribution in [0.25, 0.3) is 0 Å². The van der Waals surface area contributed by atoms with Gasteiger partial charge in [-0.15, -0.1) is 0 Å². The third kappa shape index (κ3) is 3.14. The van der Waals surface area contributed by atoms with Crippen LogP contribution in [0.4, 0.5) is 0 Å². The van der Waals surface area contributed by atoms with Crippen LogP contribution in [0.1, 0.15) is 58.8 Å². The fraction of sp³-hybridized carbons (Fsp3) is 0.867. The summed E-state index contributed by atoms with van der Waals surface area (Å²) in [5.41, 5.74) is 4.59. The summed E-state index contributed by atoms with van der Waals surface area (Å²) in [6.45, 7) is 3.78. The van der Waals surface area contributed by atoms with Gasteiger partial charge in [0.05, 0.1) is 0 Å². The summed E-state index contributed by atoms with van der Waals surface area (Å²) in [6, 6.07) is 1.18. The van der Waals surface area contributed by atoms with Crippen molar-refractivity contribution in [3.8, 4) is 0 Å². The van der Waals surface area contributed by atoms with E-state index in [9.17, 15) is 9.59 Å². The van der Waals surface area contributed by atoms with Crippen LogP contribution in [0.15, 0.2) is 0 Å². The molecule has 2 amide bonds. The lowest BCUT2D eigenvalue weighted by Gasteiger charge is -2.32. The van der Waals surface area contributed by atoms with Gasteiger partial charge in [-0.05, 0) is 44.4 Å². The Bertz CT molecular complexity index is 367. The van der Waals surface area contributed by atoms with Gasteiger partial charge in [0.15, 0.2) is 0 Å². The Morgan fingerprint density at radius 2 is 1.75 bits per heavy atom. The Hall–Kier alpha value is -1.10. The fourth-order valence-corrected chi connectivity index (χ4v) is 3.76. The van der Waals surface area contributed by atoms with Crippen molar-refractivity contribution in [2.45, 2.75) is 76.4 Å². The molecule has 4 N–H and O–H groups in total. The second kappa shape index (κ2) is 6.12. The SMILES string of the molecule is CCC(CC)(NC(=O)CC1CC2CCC(C1)N2)C(N)=O. The first-order chi connectivity index (χ1) is 9.49. The van der Waals surface area contributed by atoms with Gasteiger partial charge in [0, 0.05) is 18.5 Å². The lowest BCUT2D eigenvalue weighted by Crippen LogP contribution is -2.57. The molecule has 2 bridgehead atoms. The number of fused-ring (bicyclic) bond motifs is 2. The van der Waals surface area contributed by atoms with Gasteiger partial charge in [0.1, 0.15) is 5.54 Å². The summed E-state index contributed by atoms with van der Waals surface area (Å²) in [5.74, 6) is -0.0203. The summed E-state index contributed by atoms with van der Waals surface area (Å²) >= 11 is 0. The second-order valence-corrected chi connectivity index (χ2v) is 6.38. The maximum Gasteiger partial charge on any atom is 0.243 e. The predicted octanol–water partition coefficient (Wildman–Crippen LogP) is 1.07. The molecule has 0 radical (unpaired) electrons. The van der Waals surface area contributed by atoms with Crippen LogP contribution in [0.2, 0.25) is 0 Å². The Morgan fingerprint density at radius 1 is 1.20 bits per heavy atom. The van der Waals surface area contributed by atoms with Gasteiger partial charge < -0.3 is 16.4 Å². The van der Waals surface area contributed by atoms with Crippen LogP contribution in [-0.4, -0.2) is 29.4 Å². The van der Waals surface area contributed by atoms with E-state index in [2.05, 4.69) is 10.6 Å². The Kier molecular flexibility index (Phi) is 4.68. The number of primary amides is 1. The number of rotatable bonds is 6. The van der Waals surface area contributed by atoms with E-state index in [4.69, 9.17) is 5.73 Å². The minimum absolute atomic E-state index is 0.0289. The molecule has 2 heterocycles. The van der Waals surface area contributed by atoms with Gasteiger partial charge in [0.2, 0.25) is 11.8 Å². The van der Waals surface area contributed by atoms with Crippen LogP contribution in [0.5, 0.6) is 0 Å². The smallest absolute Gasteiger partial charge is 0.243 e. The molecular weight excluding hydrogens is 254 g/mol. The zero-order chi connectivity index (χ0) is 14.8. The summed E-state index contributed by atoms with van der Waals surface area (Å²) < 4.78 is 0. The van der Waals surface area contributed by atoms with Crippen molar-refractivity contribution in [3.05, 3.63) is 0 Å². The Labute approximate surface area is 121 Å². The highest BCUT2D eigenvalue weighted by molar-refractivity contribution is 5.90. The van der Waals surface area contributed by atoms with Gasteiger partial charge in [-0.2, -0.15) is 0 Å². The highest BCUT2D eigenvalue weighted by Gasteiger charge is 2.37. The van der Waals surface area contributed by atoms with E-state index in [-0.39, 0.29) is 5.91 Å². The standard InChI is InChI=1S/C15H27N3O2/c1-3-15(4-2,14(16)20)18-13(19)9-10-7-11-5-6-12(8-10)17-11/h10-12,17H,3-9H2,1-2H3,(H2,16,20)(H,18,19). The number of carbonyl (C=O) groups excluding carboxylic acids is 2. The topological polar surface area (TPSA) is 84.2 Å². The van der Waals surface area contributed by atoms with Crippen molar-refractivity contribution in [1.82, 2.24) is 10.6 Å². The fourth-order valence-electron chi connectivity index (χ4n) is 3.76. The average Bonchev–Trinajstić information content (AvgIpc) is 2.75. The molecule has 0 aliphatic carbocycles. The molecule has 2 rings (SSSR count). The van der Waals surface area contributed by atoms with Crippen LogP contribution in [0, 0.1) is 5.92 Å². The van der Waals surface area contributed by atoms with E-state index in [1.165, 1.54) is 12.8 Å². The van der Waals surface area contributed by atoms with Crippen molar-refractivity contribution in [2.24, 2.45) is 11.7 Å². The van der Waals surface area contributed by atoms with Crippen molar-refractivity contribution >= 4 is 11.8 Å². The maximum absolute atomic E-state index is 12.2. The van der Waals surface area contributed by atoms with Crippen molar-refractivity contribution in [2.75, 3.05) is 0 Å². The number of piperidine rings is 1. The number of nitrogens with two attached hydrogens (primary N) is 1. The zero-order valence-corrected chi connectivity index (χ0v) is 12.6. The highest BCUT2D eigenvalue weighted by Crippen LogP contribution is 2.32. The van der Waals surface area contributed by atoms with Crippen molar-refractivity contribution in [3.63, 3.8) is 0 Å². The number of amides is 2. The lowest BCUT2D eigenvalue weighted by atomic mass is 9.87. The molecule has 2 aliphatic rings. The average molecular weight is 281 g/mol. The molecule has 0 aromatic heterocycles. The van der Waals surface area contributed by atoms with Crippen molar-refractivity contribution in [1.29, 1.82) is 0 Å². The molecule has 114 valence electrons. The van der Waals surface area contributed by atoms with Crippen LogP contribution < -0.4 is 16.4 Å². The van der Waals surface area contributed by atoms with Gasteiger partial charge in [-0.1, -0.05) is 13.8 Å². The molecule has 0 saturated carbocycles. The second-order valence-electron chi connectivity index (χ2n) is 6.38. The first kappa shape index (κ1) is 15.3. The van der Waals surface area contributed by atoms with E-state index >= 15 is 0 Å².